The molecule has 1 fully saturated rings. The summed E-state index contributed by atoms with van der Waals surface area (Å²) in [6.45, 7) is 1.97. The fraction of sp³-hybridized carbons (Fsp3) is 0.467. The van der Waals surface area contributed by atoms with Crippen LogP contribution in [0.15, 0.2) is 60.7 Å². The molecule has 2 unspecified atom stereocenters. The van der Waals surface area contributed by atoms with E-state index in [0.29, 0.717) is 19.3 Å². The molecule has 3 amide bonds. The minimum atomic E-state index is -1.23. The first kappa shape index (κ1) is 32.1. The predicted octanol–water partition coefficient (Wildman–Crippen LogP) is 4.19. The monoisotopic (exact) mass is 586 g/mol. The van der Waals surface area contributed by atoms with E-state index in [-0.39, 0.29) is 44.8 Å². The molecule has 222 valence electrons. The van der Waals surface area contributed by atoms with Gasteiger partial charge in [0.1, 0.15) is 24.7 Å². The van der Waals surface area contributed by atoms with E-state index >= 15 is 0 Å². The smallest absolute Gasteiger partial charge is 0.480 e. The SMILES string of the molecule is CC1CCC[N@@+]1(C(=O)O)C(=O)[C@H](CCS)N(CCNC(=O)OCc1ccccc1)C(CCc1ccccc1)C(=O)O. The molecule has 10 nitrogen and oxygen atoms in total. The Hall–Kier alpha value is -3.41. The van der Waals surface area contributed by atoms with E-state index in [2.05, 4.69) is 17.9 Å². The third-order valence-electron chi connectivity index (χ3n) is 7.79. The molecule has 3 rings (SSSR count). The zero-order valence-corrected chi connectivity index (χ0v) is 24.2. The van der Waals surface area contributed by atoms with Crippen molar-refractivity contribution in [2.75, 3.05) is 25.4 Å². The Morgan fingerprint density at radius 3 is 2.17 bits per heavy atom. The molecule has 1 heterocycles. The highest BCUT2D eigenvalue weighted by Gasteiger charge is 2.56. The Morgan fingerprint density at radius 1 is 1.00 bits per heavy atom. The normalized spacial score (nSPS) is 19.8. The summed E-state index contributed by atoms with van der Waals surface area (Å²) in [5.41, 5.74) is 1.76. The van der Waals surface area contributed by atoms with Crippen LogP contribution in [0.25, 0.3) is 0 Å². The number of carboxylic acid groups (broad SMARTS) is 2. The number of benzene rings is 2. The topological polar surface area (TPSA) is 133 Å². The number of nitrogens with one attached hydrogen (secondary N) is 1. The van der Waals surface area contributed by atoms with Crippen LogP contribution in [0, 0.1) is 0 Å². The maximum Gasteiger partial charge on any atom is 0.521 e. The molecular formula is C30H40N3O7S+. The number of rotatable bonds is 14. The number of hydrogen-bond acceptors (Lipinski definition) is 7. The van der Waals surface area contributed by atoms with Crippen LogP contribution in [0.3, 0.4) is 0 Å². The summed E-state index contributed by atoms with van der Waals surface area (Å²) < 4.78 is 4.53. The van der Waals surface area contributed by atoms with Crippen LogP contribution in [0.5, 0.6) is 0 Å². The maximum atomic E-state index is 14.1. The number of imide groups is 1. The summed E-state index contributed by atoms with van der Waals surface area (Å²) in [7, 11) is 0. The van der Waals surface area contributed by atoms with Gasteiger partial charge in [-0.05, 0) is 43.1 Å². The highest BCUT2D eigenvalue weighted by Crippen LogP contribution is 2.31. The molecule has 3 N–H and O–H groups in total. The molecule has 0 aliphatic carbocycles. The van der Waals surface area contributed by atoms with Crippen LogP contribution in [0.4, 0.5) is 9.59 Å². The number of amides is 3. The van der Waals surface area contributed by atoms with Gasteiger partial charge in [-0.15, -0.1) is 0 Å². The van der Waals surface area contributed by atoms with Crippen LogP contribution in [0.1, 0.15) is 43.7 Å². The van der Waals surface area contributed by atoms with Crippen LogP contribution >= 0.6 is 12.6 Å². The van der Waals surface area contributed by atoms with Gasteiger partial charge in [0.15, 0.2) is 0 Å². The van der Waals surface area contributed by atoms with E-state index in [1.807, 2.05) is 60.7 Å². The summed E-state index contributed by atoms with van der Waals surface area (Å²) in [5.74, 6) is -1.42. The average Bonchev–Trinajstić information content (AvgIpc) is 3.37. The third kappa shape index (κ3) is 8.31. The number of quaternary nitrogens is 1. The lowest BCUT2D eigenvalue weighted by atomic mass is 10.00. The molecule has 0 spiro atoms. The van der Waals surface area contributed by atoms with Crippen molar-refractivity contribution in [2.45, 2.75) is 63.8 Å². The quantitative estimate of drug-likeness (QED) is 0.191. The highest BCUT2D eigenvalue weighted by atomic mass is 32.1. The minimum absolute atomic E-state index is 0.00170. The molecule has 41 heavy (non-hydrogen) atoms. The number of aryl methyl sites for hydroxylation is 1. The van der Waals surface area contributed by atoms with Crippen molar-refractivity contribution in [1.82, 2.24) is 10.2 Å². The zero-order valence-electron chi connectivity index (χ0n) is 23.4. The number of aliphatic carboxylic acids is 1. The standard InChI is InChI=1S/C30H39N3O7S/c1-22-9-8-19-33(22,30(38)39)27(34)25(16-20-41)32(26(28(35)36)15-14-23-10-4-2-5-11-23)18-17-31-29(37)40-21-24-12-6-3-7-13-24/h2-7,10-13,22,25-26H,8-9,14-21H2,1H3,(H3-,31,35,36,37,38,39,41)/p+1/t22?,25-,26?,33-/m0/s1. The minimum Gasteiger partial charge on any atom is -0.480 e. The van der Waals surface area contributed by atoms with Crippen molar-refractivity contribution in [2.24, 2.45) is 0 Å². The lowest BCUT2D eigenvalue weighted by molar-refractivity contribution is -0.793. The van der Waals surface area contributed by atoms with Gasteiger partial charge in [-0.2, -0.15) is 21.9 Å². The number of alkyl carbamates (subject to hydrolysis) is 1. The summed E-state index contributed by atoms with van der Waals surface area (Å²) >= 11 is 4.34. The maximum absolute atomic E-state index is 14.1. The molecule has 0 aromatic heterocycles. The van der Waals surface area contributed by atoms with E-state index in [0.717, 1.165) is 11.1 Å². The summed E-state index contributed by atoms with van der Waals surface area (Å²) in [4.78, 5) is 53.2. The molecule has 11 heteroatoms. The summed E-state index contributed by atoms with van der Waals surface area (Å²) in [5, 5.41) is 23.2. The second-order valence-electron chi connectivity index (χ2n) is 10.3. The second-order valence-corrected chi connectivity index (χ2v) is 10.8. The van der Waals surface area contributed by atoms with Gasteiger partial charge in [0.25, 0.3) is 0 Å². The van der Waals surface area contributed by atoms with E-state index in [1.54, 1.807) is 6.92 Å². The van der Waals surface area contributed by atoms with Gasteiger partial charge in [0, 0.05) is 25.9 Å². The Labute approximate surface area is 246 Å². The molecule has 4 atom stereocenters. The van der Waals surface area contributed by atoms with Crippen LogP contribution in [0.2, 0.25) is 0 Å². The van der Waals surface area contributed by atoms with Gasteiger partial charge < -0.3 is 20.3 Å². The van der Waals surface area contributed by atoms with E-state index in [9.17, 15) is 29.4 Å². The largest absolute Gasteiger partial charge is 0.521 e. The van der Waals surface area contributed by atoms with Crippen molar-refractivity contribution in [3.63, 3.8) is 0 Å². The highest BCUT2D eigenvalue weighted by molar-refractivity contribution is 7.80. The number of nitrogens with zero attached hydrogens (tertiary/aromatic N) is 2. The molecule has 1 saturated heterocycles. The molecule has 0 saturated carbocycles. The van der Waals surface area contributed by atoms with Crippen molar-refractivity contribution < 1.29 is 38.6 Å². The first-order valence-corrected chi connectivity index (χ1v) is 14.6. The number of thiol groups is 1. The fourth-order valence-electron chi connectivity index (χ4n) is 5.57. The first-order chi connectivity index (χ1) is 19.7. The Kier molecular flexibility index (Phi) is 12.2. The van der Waals surface area contributed by atoms with Gasteiger partial charge in [-0.3, -0.25) is 9.69 Å². The fourth-order valence-corrected chi connectivity index (χ4v) is 5.82. The van der Waals surface area contributed by atoms with Crippen LogP contribution < -0.4 is 5.32 Å². The molecule has 1 aliphatic heterocycles. The molecule has 0 bridgehead atoms. The second kappa shape index (κ2) is 15.6. The number of carboxylic acids is 1. The zero-order chi connectivity index (χ0) is 29.8. The average molecular weight is 587 g/mol. The first-order valence-electron chi connectivity index (χ1n) is 13.9. The Balaban J connectivity index is 1.83. The molecular weight excluding hydrogens is 546 g/mol. The Bertz CT molecular complexity index is 1170. The molecule has 2 aromatic carbocycles. The van der Waals surface area contributed by atoms with E-state index in [1.165, 1.54) is 4.90 Å². The number of hydrogen-bond donors (Lipinski definition) is 4. The number of carbonyl (C=O) groups excluding carboxylic acids is 2. The van der Waals surface area contributed by atoms with Crippen molar-refractivity contribution in [3.05, 3.63) is 71.8 Å². The number of likely N-dealkylation sites (tertiary alicyclic amines) is 1. The molecule has 2 aromatic rings. The van der Waals surface area contributed by atoms with Crippen LogP contribution in [-0.2, 0) is 27.4 Å². The van der Waals surface area contributed by atoms with Gasteiger partial charge in [0.05, 0.1) is 6.54 Å². The lowest BCUT2D eigenvalue weighted by Crippen LogP contribution is -2.66. The molecule has 1 aliphatic rings. The summed E-state index contributed by atoms with van der Waals surface area (Å²) in [6, 6.07) is 16.0. The number of ether oxygens (including phenoxy) is 1. The third-order valence-corrected chi connectivity index (χ3v) is 8.05. The number of carbonyl (C=O) groups is 4. The van der Waals surface area contributed by atoms with Gasteiger partial charge in [-0.25, -0.2) is 9.59 Å². The Morgan fingerprint density at radius 2 is 1.63 bits per heavy atom. The van der Waals surface area contributed by atoms with E-state index in [4.69, 9.17) is 4.74 Å². The van der Waals surface area contributed by atoms with Crippen molar-refractivity contribution >= 4 is 36.7 Å². The van der Waals surface area contributed by atoms with Gasteiger partial charge >= 0.3 is 24.1 Å². The molecule has 0 radical (unpaired) electrons. The van der Waals surface area contributed by atoms with Gasteiger partial charge in [0.2, 0.25) is 0 Å². The van der Waals surface area contributed by atoms with Crippen molar-refractivity contribution in [3.8, 4) is 0 Å². The lowest BCUT2D eigenvalue weighted by Gasteiger charge is -2.39. The van der Waals surface area contributed by atoms with Crippen LogP contribution in [-0.4, -0.2) is 87.2 Å². The predicted molar refractivity (Wildman–Crippen MR) is 157 cm³/mol. The van der Waals surface area contributed by atoms with E-state index < -0.39 is 46.7 Å². The van der Waals surface area contributed by atoms with Crippen molar-refractivity contribution in [1.29, 1.82) is 0 Å². The van der Waals surface area contributed by atoms with Gasteiger partial charge in [-0.1, -0.05) is 60.7 Å². The summed E-state index contributed by atoms with van der Waals surface area (Å²) in [6.07, 6.45) is 0.0473.